The highest BCUT2D eigenvalue weighted by Crippen LogP contribution is 2.39. The fraction of sp³-hybridized carbons (Fsp3) is 0.459. The van der Waals surface area contributed by atoms with Gasteiger partial charge >= 0.3 is 12.0 Å². The molecule has 5 rings (SSSR count). The van der Waals surface area contributed by atoms with Crippen LogP contribution >= 0.6 is 0 Å². The van der Waals surface area contributed by atoms with Gasteiger partial charge in [0.15, 0.2) is 6.29 Å². The van der Waals surface area contributed by atoms with Gasteiger partial charge < -0.3 is 30.0 Å². The molecule has 4 atom stereocenters. The van der Waals surface area contributed by atoms with Crippen LogP contribution in [0.1, 0.15) is 81.6 Å². The lowest BCUT2D eigenvalue weighted by Crippen LogP contribution is -2.45. The molecule has 3 aromatic carbocycles. The fourth-order valence-corrected chi connectivity index (χ4v) is 6.11. The number of benzene rings is 3. The first-order chi connectivity index (χ1) is 22.1. The van der Waals surface area contributed by atoms with Crippen molar-refractivity contribution in [3.63, 3.8) is 0 Å². The second kappa shape index (κ2) is 15.2. The topological polar surface area (TPSA) is 109 Å². The van der Waals surface area contributed by atoms with Gasteiger partial charge in [-0.25, -0.2) is 4.79 Å². The van der Waals surface area contributed by atoms with Gasteiger partial charge in [0.25, 0.3) is 0 Å². The zero-order valence-electron chi connectivity index (χ0n) is 27.3. The number of carbonyl (C=O) groups is 2. The summed E-state index contributed by atoms with van der Waals surface area (Å²) in [6.45, 7) is 9.97. The Morgan fingerprint density at radius 3 is 2.39 bits per heavy atom. The van der Waals surface area contributed by atoms with Crippen molar-refractivity contribution < 1.29 is 28.9 Å². The Hall–Kier alpha value is -3.76. The van der Waals surface area contributed by atoms with Crippen molar-refractivity contribution in [3.8, 4) is 11.1 Å². The predicted octanol–water partition coefficient (Wildman–Crippen LogP) is 6.02. The minimum Gasteiger partial charge on any atom is -0.459 e. The van der Waals surface area contributed by atoms with E-state index < -0.39 is 11.9 Å². The lowest BCUT2D eigenvalue weighted by Gasteiger charge is -2.38. The average molecular weight is 630 g/mol. The molecule has 9 heteroatoms. The number of hydrogen-bond donors (Lipinski definition) is 3. The third-order valence-corrected chi connectivity index (χ3v) is 8.31. The van der Waals surface area contributed by atoms with E-state index in [1.54, 1.807) is 0 Å². The molecule has 2 amide bonds. The number of amides is 2. The highest BCUT2D eigenvalue weighted by molar-refractivity contribution is 5.76. The minimum atomic E-state index is -0.619. The maximum atomic E-state index is 13.1. The lowest BCUT2D eigenvalue weighted by atomic mass is 9.98. The van der Waals surface area contributed by atoms with Gasteiger partial charge in [-0.15, -0.1) is 0 Å². The van der Waals surface area contributed by atoms with E-state index in [2.05, 4.69) is 39.8 Å². The van der Waals surface area contributed by atoms with Gasteiger partial charge in [0.1, 0.15) is 11.6 Å². The normalized spacial score (nSPS) is 21.9. The number of nitrogens with zero attached hydrogens (tertiary/aromatic N) is 1. The molecule has 0 aromatic heterocycles. The summed E-state index contributed by atoms with van der Waals surface area (Å²) < 4.78 is 19.0. The van der Waals surface area contributed by atoms with E-state index in [0.717, 1.165) is 52.8 Å². The molecule has 46 heavy (non-hydrogen) atoms. The number of carbonyl (C=O) groups excluding carboxylic acids is 2. The van der Waals surface area contributed by atoms with Crippen molar-refractivity contribution >= 4 is 12.0 Å². The van der Waals surface area contributed by atoms with Crippen LogP contribution in [0.5, 0.6) is 0 Å². The van der Waals surface area contributed by atoms with Crippen molar-refractivity contribution in [1.29, 1.82) is 0 Å². The lowest BCUT2D eigenvalue weighted by molar-refractivity contribution is -0.253. The third kappa shape index (κ3) is 8.94. The van der Waals surface area contributed by atoms with Gasteiger partial charge in [-0.3, -0.25) is 9.69 Å². The van der Waals surface area contributed by atoms with Crippen LogP contribution in [0.25, 0.3) is 11.1 Å². The highest BCUT2D eigenvalue weighted by Gasteiger charge is 2.39. The van der Waals surface area contributed by atoms with Crippen molar-refractivity contribution in [1.82, 2.24) is 15.5 Å². The van der Waals surface area contributed by atoms with Gasteiger partial charge in [-0.05, 0) is 87.0 Å². The molecule has 246 valence electrons. The predicted molar refractivity (Wildman–Crippen MR) is 177 cm³/mol. The maximum Gasteiger partial charge on any atom is 0.323 e. The van der Waals surface area contributed by atoms with Crippen molar-refractivity contribution in [2.75, 3.05) is 19.6 Å². The number of aliphatic hydroxyl groups is 1. The molecule has 2 saturated heterocycles. The van der Waals surface area contributed by atoms with E-state index in [9.17, 15) is 14.7 Å². The largest absolute Gasteiger partial charge is 0.459 e. The molecule has 0 saturated carbocycles. The summed E-state index contributed by atoms with van der Waals surface area (Å²) in [4.78, 5) is 27.2. The molecule has 2 heterocycles. The van der Waals surface area contributed by atoms with E-state index in [0.29, 0.717) is 26.1 Å². The quantitative estimate of drug-likeness (QED) is 0.236. The summed E-state index contributed by atoms with van der Waals surface area (Å²) in [5, 5.41) is 15.2. The SMILES string of the molecule is CCNC(=O)NCc1cccc(-c2cccc([C@H]3O[C@@H](CN4CCC[C@H]4C(=O)OC(C)(C)C)C[C@@H](c4ccc(CO)cc4)O3)c2)c1. The Bertz CT molecular complexity index is 1470. The molecule has 2 aliphatic rings. The maximum absolute atomic E-state index is 13.1. The molecule has 2 fully saturated rings. The van der Waals surface area contributed by atoms with Gasteiger partial charge in [0.05, 0.1) is 18.8 Å². The van der Waals surface area contributed by atoms with Gasteiger partial charge in [-0.1, -0.05) is 60.7 Å². The van der Waals surface area contributed by atoms with E-state index in [1.165, 1.54) is 0 Å². The molecule has 0 unspecified atom stereocenters. The van der Waals surface area contributed by atoms with E-state index in [4.69, 9.17) is 14.2 Å². The monoisotopic (exact) mass is 629 g/mol. The first kappa shape index (κ1) is 33.6. The summed E-state index contributed by atoms with van der Waals surface area (Å²) >= 11 is 0. The van der Waals surface area contributed by atoms with Gasteiger partial charge in [0, 0.05) is 31.6 Å². The molecule has 0 bridgehead atoms. The molecule has 3 aromatic rings. The number of esters is 1. The summed E-state index contributed by atoms with van der Waals surface area (Å²) in [5.74, 6) is -0.180. The van der Waals surface area contributed by atoms with Crippen LogP contribution in [0, 0.1) is 0 Å². The van der Waals surface area contributed by atoms with E-state index >= 15 is 0 Å². The minimum absolute atomic E-state index is 0.0167. The first-order valence-electron chi connectivity index (χ1n) is 16.3. The summed E-state index contributed by atoms with van der Waals surface area (Å²) in [7, 11) is 0. The van der Waals surface area contributed by atoms with Crippen LogP contribution in [-0.4, -0.2) is 59.4 Å². The number of aliphatic hydroxyl groups excluding tert-OH is 1. The third-order valence-electron chi connectivity index (χ3n) is 8.31. The summed E-state index contributed by atoms with van der Waals surface area (Å²) in [6.07, 6.45) is 1.30. The number of ether oxygens (including phenoxy) is 3. The van der Waals surface area contributed by atoms with E-state index in [-0.39, 0.29) is 36.9 Å². The molecule has 2 aliphatic heterocycles. The standard InChI is InChI=1S/C37H47N3O6/c1-5-38-36(43)39-22-26-9-6-10-28(19-26)29-11-7-12-30(20-29)35-44-31(21-33(45-35)27-16-14-25(24-41)15-17-27)23-40-18-8-13-32(40)34(42)46-37(2,3)4/h6-7,9-12,14-17,19-20,31-33,35,41H,5,8,13,18,21-24H2,1-4H3,(H2,38,39,43)/t31-,32+,33+,35+/m1/s1. The Balaban J connectivity index is 1.36. The molecule has 0 spiro atoms. The Kier molecular flexibility index (Phi) is 11.1. The van der Waals surface area contributed by atoms with Crippen LogP contribution in [0.2, 0.25) is 0 Å². The number of rotatable bonds is 10. The Labute approximate surface area is 272 Å². The second-order valence-electron chi connectivity index (χ2n) is 13.1. The van der Waals surface area contributed by atoms with Crippen LogP contribution in [0.15, 0.2) is 72.8 Å². The molecular weight excluding hydrogens is 582 g/mol. The Morgan fingerprint density at radius 2 is 1.67 bits per heavy atom. The van der Waals surface area contributed by atoms with Crippen LogP contribution in [-0.2, 0) is 32.2 Å². The summed E-state index contributed by atoms with van der Waals surface area (Å²) in [6, 6.07) is 23.7. The van der Waals surface area contributed by atoms with Crippen LogP contribution < -0.4 is 10.6 Å². The highest BCUT2D eigenvalue weighted by atomic mass is 16.7. The molecule has 0 radical (unpaired) electrons. The fourth-order valence-electron chi connectivity index (χ4n) is 6.11. The molecule has 0 aliphatic carbocycles. The molecule has 3 N–H and O–H groups in total. The zero-order valence-corrected chi connectivity index (χ0v) is 27.3. The number of urea groups is 1. The second-order valence-corrected chi connectivity index (χ2v) is 13.1. The molecule has 9 nitrogen and oxygen atoms in total. The van der Waals surface area contributed by atoms with Crippen LogP contribution in [0.4, 0.5) is 4.79 Å². The Morgan fingerprint density at radius 1 is 0.935 bits per heavy atom. The van der Waals surface area contributed by atoms with Gasteiger partial charge in [0.2, 0.25) is 0 Å². The summed E-state index contributed by atoms with van der Waals surface area (Å²) in [5.41, 5.74) is 5.26. The smallest absolute Gasteiger partial charge is 0.323 e. The number of likely N-dealkylation sites (tertiary alicyclic amines) is 1. The first-order valence-corrected chi connectivity index (χ1v) is 16.3. The van der Waals surface area contributed by atoms with Crippen molar-refractivity contribution in [3.05, 3.63) is 95.1 Å². The molecular formula is C37H47N3O6. The average Bonchev–Trinajstić information content (AvgIpc) is 3.51. The zero-order chi connectivity index (χ0) is 32.7. The van der Waals surface area contributed by atoms with E-state index in [1.807, 2.05) is 76.2 Å². The number of nitrogens with one attached hydrogen (secondary N) is 2. The van der Waals surface area contributed by atoms with Gasteiger partial charge in [-0.2, -0.15) is 0 Å². The van der Waals surface area contributed by atoms with Crippen LogP contribution in [0.3, 0.4) is 0 Å². The van der Waals surface area contributed by atoms with Crippen molar-refractivity contribution in [2.45, 2.75) is 90.2 Å². The van der Waals surface area contributed by atoms with Crippen molar-refractivity contribution in [2.24, 2.45) is 0 Å². The number of hydrogen-bond acceptors (Lipinski definition) is 7.